The monoisotopic (exact) mass is 358 g/mol. The first kappa shape index (κ1) is 16.8. The SMILES string of the molecule is COc1ccc(C(=O)N2CCC(c3n[nH]c4c3COCC4)C2)c(OC)n1. The molecule has 1 atom stereocenters. The summed E-state index contributed by atoms with van der Waals surface area (Å²) in [6, 6.07) is 3.37. The summed E-state index contributed by atoms with van der Waals surface area (Å²) in [5.74, 6) is 0.835. The Morgan fingerprint density at radius 1 is 1.35 bits per heavy atom. The van der Waals surface area contributed by atoms with E-state index in [0.717, 1.165) is 30.8 Å². The Hall–Kier alpha value is -2.61. The van der Waals surface area contributed by atoms with E-state index in [9.17, 15) is 4.79 Å². The van der Waals surface area contributed by atoms with Crippen LogP contribution in [-0.4, -0.2) is 59.9 Å². The molecule has 2 aromatic heterocycles. The normalized spacial score (nSPS) is 19.3. The van der Waals surface area contributed by atoms with Crippen LogP contribution >= 0.6 is 0 Å². The van der Waals surface area contributed by atoms with Gasteiger partial charge >= 0.3 is 0 Å². The molecule has 2 aromatic rings. The molecule has 1 saturated heterocycles. The first-order valence-corrected chi connectivity index (χ1v) is 8.73. The third-order valence-corrected chi connectivity index (χ3v) is 5.06. The summed E-state index contributed by atoms with van der Waals surface area (Å²) < 4.78 is 15.9. The van der Waals surface area contributed by atoms with Crippen molar-refractivity contribution in [2.45, 2.75) is 25.4 Å². The van der Waals surface area contributed by atoms with Crippen molar-refractivity contribution in [3.8, 4) is 11.8 Å². The second kappa shape index (κ2) is 6.95. The lowest BCUT2D eigenvalue weighted by Crippen LogP contribution is -2.29. The third kappa shape index (κ3) is 2.90. The lowest BCUT2D eigenvalue weighted by molar-refractivity contribution is 0.0786. The minimum absolute atomic E-state index is 0.0832. The fourth-order valence-electron chi connectivity index (χ4n) is 3.67. The minimum Gasteiger partial charge on any atom is -0.481 e. The van der Waals surface area contributed by atoms with E-state index < -0.39 is 0 Å². The number of ether oxygens (including phenoxy) is 3. The molecule has 26 heavy (non-hydrogen) atoms. The molecular weight excluding hydrogens is 336 g/mol. The van der Waals surface area contributed by atoms with Crippen LogP contribution in [0.1, 0.15) is 39.6 Å². The van der Waals surface area contributed by atoms with Crippen molar-refractivity contribution in [2.75, 3.05) is 33.9 Å². The molecule has 2 aliphatic heterocycles. The summed E-state index contributed by atoms with van der Waals surface area (Å²) in [6.45, 7) is 2.64. The maximum absolute atomic E-state index is 12.9. The molecule has 0 spiro atoms. The second-order valence-corrected chi connectivity index (χ2v) is 6.52. The van der Waals surface area contributed by atoms with Crippen LogP contribution in [0.3, 0.4) is 0 Å². The topological polar surface area (TPSA) is 89.6 Å². The molecule has 4 rings (SSSR count). The molecule has 138 valence electrons. The van der Waals surface area contributed by atoms with Gasteiger partial charge in [-0.1, -0.05) is 0 Å². The maximum Gasteiger partial charge on any atom is 0.259 e. The van der Waals surface area contributed by atoms with Gasteiger partial charge in [-0.05, 0) is 12.5 Å². The number of aromatic nitrogens is 3. The summed E-state index contributed by atoms with van der Waals surface area (Å²) >= 11 is 0. The molecule has 1 amide bonds. The maximum atomic E-state index is 12.9. The van der Waals surface area contributed by atoms with Crippen LogP contribution in [0.15, 0.2) is 12.1 Å². The van der Waals surface area contributed by atoms with E-state index in [1.165, 1.54) is 19.8 Å². The van der Waals surface area contributed by atoms with Crippen molar-refractivity contribution in [1.29, 1.82) is 0 Å². The number of aromatic amines is 1. The molecule has 0 aromatic carbocycles. The van der Waals surface area contributed by atoms with E-state index in [4.69, 9.17) is 14.2 Å². The van der Waals surface area contributed by atoms with E-state index in [2.05, 4.69) is 15.2 Å². The van der Waals surface area contributed by atoms with Gasteiger partial charge in [-0.15, -0.1) is 0 Å². The minimum atomic E-state index is -0.0832. The average Bonchev–Trinajstić information content (AvgIpc) is 3.33. The summed E-state index contributed by atoms with van der Waals surface area (Å²) in [7, 11) is 3.03. The van der Waals surface area contributed by atoms with Crippen molar-refractivity contribution in [2.24, 2.45) is 0 Å². The van der Waals surface area contributed by atoms with Gasteiger partial charge in [-0.3, -0.25) is 9.89 Å². The lowest BCUT2D eigenvalue weighted by Gasteiger charge is -2.18. The highest BCUT2D eigenvalue weighted by molar-refractivity contribution is 5.96. The van der Waals surface area contributed by atoms with Crippen LogP contribution in [0.25, 0.3) is 0 Å². The molecular formula is C18H22N4O4. The zero-order chi connectivity index (χ0) is 18.1. The van der Waals surface area contributed by atoms with Gasteiger partial charge in [0.25, 0.3) is 5.91 Å². The molecule has 0 bridgehead atoms. The van der Waals surface area contributed by atoms with E-state index in [0.29, 0.717) is 31.1 Å². The summed E-state index contributed by atoms with van der Waals surface area (Å²) in [6.07, 6.45) is 1.75. The van der Waals surface area contributed by atoms with Gasteiger partial charge in [0.2, 0.25) is 11.8 Å². The van der Waals surface area contributed by atoms with Gasteiger partial charge in [0.1, 0.15) is 5.56 Å². The summed E-state index contributed by atoms with van der Waals surface area (Å²) in [5, 5.41) is 7.64. The number of methoxy groups -OCH3 is 2. The third-order valence-electron chi connectivity index (χ3n) is 5.06. The van der Waals surface area contributed by atoms with Crippen molar-refractivity contribution in [1.82, 2.24) is 20.1 Å². The standard InChI is InChI=1S/C18H22N4O4/c1-24-15-4-3-12(17(19-15)25-2)18(23)22-7-5-11(9-22)16-13-10-26-8-6-14(13)20-21-16/h3-4,11H,5-10H2,1-2H3,(H,20,21). The number of fused-ring (bicyclic) bond motifs is 1. The Labute approximate surface area is 151 Å². The lowest BCUT2D eigenvalue weighted by atomic mass is 9.98. The molecule has 1 unspecified atom stereocenters. The predicted octanol–water partition coefficient (Wildman–Crippen LogP) is 1.52. The van der Waals surface area contributed by atoms with Gasteiger partial charge < -0.3 is 19.1 Å². The number of carbonyl (C=O) groups is 1. The number of pyridine rings is 1. The van der Waals surface area contributed by atoms with Gasteiger partial charge in [-0.2, -0.15) is 10.1 Å². The Balaban J connectivity index is 1.52. The fraction of sp³-hybridized carbons (Fsp3) is 0.500. The van der Waals surface area contributed by atoms with E-state index in [-0.39, 0.29) is 17.7 Å². The highest BCUT2D eigenvalue weighted by Gasteiger charge is 2.33. The zero-order valence-electron chi connectivity index (χ0n) is 14.9. The zero-order valence-corrected chi connectivity index (χ0v) is 14.9. The van der Waals surface area contributed by atoms with Crippen molar-refractivity contribution >= 4 is 5.91 Å². The second-order valence-electron chi connectivity index (χ2n) is 6.52. The molecule has 8 nitrogen and oxygen atoms in total. The van der Waals surface area contributed by atoms with Crippen molar-refractivity contribution < 1.29 is 19.0 Å². The van der Waals surface area contributed by atoms with Crippen LogP contribution in [0.5, 0.6) is 11.8 Å². The largest absolute Gasteiger partial charge is 0.481 e. The van der Waals surface area contributed by atoms with Crippen LogP contribution < -0.4 is 9.47 Å². The number of hydrogen-bond acceptors (Lipinski definition) is 6. The number of hydrogen-bond donors (Lipinski definition) is 1. The predicted molar refractivity (Wildman–Crippen MR) is 92.6 cm³/mol. The van der Waals surface area contributed by atoms with E-state index in [1.54, 1.807) is 12.1 Å². The first-order valence-electron chi connectivity index (χ1n) is 8.73. The molecule has 0 saturated carbocycles. The fourth-order valence-corrected chi connectivity index (χ4v) is 3.67. The number of rotatable bonds is 4. The van der Waals surface area contributed by atoms with Crippen LogP contribution in [0.4, 0.5) is 0 Å². The van der Waals surface area contributed by atoms with Gasteiger partial charge in [0.05, 0.1) is 33.1 Å². The molecule has 2 aliphatic rings. The van der Waals surface area contributed by atoms with Gasteiger partial charge in [0.15, 0.2) is 0 Å². The Morgan fingerprint density at radius 3 is 3.04 bits per heavy atom. The smallest absolute Gasteiger partial charge is 0.259 e. The molecule has 0 aliphatic carbocycles. The number of H-pyrrole nitrogens is 1. The summed E-state index contributed by atoms with van der Waals surface area (Å²) in [4.78, 5) is 19.0. The number of amides is 1. The van der Waals surface area contributed by atoms with Crippen molar-refractivity contribution in [3.63, 3.8) is 0 Å². The molecule has 8 heteroatoms. The van der Waals surface area contributed by atoms with Gasteiger partial charge in [-0.25, -0.2) is 0 Å². The number of likely N-dealkylation sites (tertiary alicyclic amines) is 1. The number of nitrogens with zero attached hydrogens (tertiary/aromatic N) is 3. The van der Waals surface area contributed by atoms with Gasteiger partial charge in [0, 0.05) is 42.8 Å². The van der Waals surface area contributed by atoms with Crippen LogP contribution in [0, 0.1) is 0 Å². The van der Waals surface area contributed by atoms with Crippen molar-refractivity contribution in [3.05, 3.63) is 34.6 Å². The molecule has 4 heterocycles. The van der Waals surface area contributed by atoms with E-state index in [1.807, 2.05) is 4.90 Å². The Bertz CT molecular complexity index is 820. The highest BCUT2D eigenvalue weighted by atomic mass is 16.5. The van der Waals surface area contributed by atoms with Crippen LogP contribution in [-0.2, 0) is 17.8 Å². The van der Waals surface area contributed by atoms with Crippen LogP contribution in [0.2, 0.25) is 0 Å². The quantitative estimate of drug-likeness (QED) is 0.891. The first-order chi connectivity index (χ1) is 12.7. The number of carbonyl (C=O) groups excluding carboxylic acids is 1. The molecule has 1 fully saturated rings. The average molecular weight is 358 g/mol. The highest BCUT2D eigenvalue weighted by Crippen LogP contribution is 2.33. The van der Waals surface area contributed by atoms with E-state index >= 15 is 0 Å². The Kier molecular flexibility index (Phi) is 4.50. The Morgan fingerprint density at radius 2 is 2.23 bits per heavy atom. The summed E-state index contributed by atoms with van der Waals surface area (Å²) in [5.41, 5.74) is 3.81. The number of nitrogens with one attached hydrogen (secondary N) is 1. The molecule has 0 radical (unpaired) electrons. The molecule has 1 N–H and O–H groups in total.